The van der Waals surface area contributed by atoms with Gasteiger partial charge in [-0.1, -0.05) is 18.3 Å². The van der Waals surface area contributed by atoms with Crippen molar-refractivity contribution in [1.82, 2.24) is 10.2 Å². The zero-order valence-corrected chi connectivity index (χ0v) is 10.3. The second-order valence-corrected chi connectivity index (χ2v) is 4.15. The van der Waals surface area contributed by atoms with Gasteiger partial charge in [-0.15, -0.1) is 22.6 Å². The Morgan fingerprint density at radius 2 is 2.27 bits per heavy atom. The van der Waals surface area contributed by atoms with Crippen LogP contribution < -0.4 is 11.1 Å². The molecule has 5 nitrogen and oxygen atoms in total. The molecule has 1 unspecified atom stereocenters. The van der Waals surface area contributed by atoms with Gasteiger partial charge in [-0.05, 0) is 13.3 Å². The highest BCUT2D eigenvalue weighted by Gasteiger charge is 2.08. The highest BCUT2D eigenvalue weighted by atomic mass is 35.5. The number of hydrogen-bond donors (Lipinski definition) is 2. The first kappa shape index (κ1) is 14.3. The number of carbonyl (C=O) groups is 1. The van der Waals surface area contributed by atoms with Gasteiger partial charge in [0, 0.05) is 12.5 Å². The Balaban J connectivity index is 0.00000196. The van der Waals surface area contributed by atoms with Crippen LogP contribution in [0.15, 0.2) is 0 Å². The summed E-state index contributed by atoms with van der Waals surface area (Å²) in [5, 5.41) is 11.8. The third-order valence-electron chi connectivity index (χ3n) is 1.52. The van der Waals surface area contributed by atoms with Crippen molar-refractivity contribution < 1.29 is 4.79 Å². The minimum atomic E-state index is -0.131. The molecule has 7 heteroatoms. The Hall–Kier alpha value is -0.720. The molecule has 0 spiro atoms. The first-order valence-electron chi connectivity index (χ1n) is 4.49. The highest BCUT2D eigenvalue weighted by Crippen LogP contribution is 2.15. The summed E-state index contributed by atoms with van der Waals surface area (Å²) in [6.45, 7) is 3.78. The van der Waals surface area contributed by atoms with Crippen LogP contribution in [0.25, 0.3) is 0 Å². The van der Waals surface area contributed by atoms with E-state index in [4.69, 9.17) is 5.73 Å². The van der Waals surface area contributed by atoms with Crippen LogP contribution in [0.4, 0.5) is 5.13 Å². The summed E-state index contributed by atoms with van der Waals surface area (Å²) in [5.41, 5.74) is 5.48. The van der Waals surface area contributed by atoms with E-state index in [0.717, 1.165) is 11.4 Å². The van der Waals surface area contributed by atoms with E-state index >= 15 is 0 Å². The van der Waals surface area contributed by atoms with Crippen molar-refractivity contribution in [1.29, 1.82) is 0 Å². The lowest BCUT2D eigenvalue weighted by molar-refractivity contribution is -0.116. The molecule has 0 aromatic carbocycles. The Kier molecular flexibility index (Phi) is 6.38. The van der Waals surface area contributed by atoms with Crippen molar-refractivity contribution in [2.45, 2.75) is 32.7 Å². The van der Waals surface area contributed by atoms with Gasteiger partial charge >= 0.3 is 0 Å². The molecule has 1 aromatic rings. The lowest BCUT2D eigenvalue weighted by Crippen LogP contribution is -2.23. The smallest absolute Gasteiger partial charge is 0.227 e. The van der Waals surface area contributed by atoms with Crippen LogP contribution in [0, 0.1) is 0 Å². The molecule has 0 aliphatic heterocycles. The van der Waals surface area contributed by atoms with Gasteiger partial charge in [0.15, 0.2) is 0 Å². The van der Waals surface area contributed by atoms with Crippen LogP contribution in [0.1, 0.15) is 25.3 Å². The maximum absolute atomic E-state index is 11.3. The number of amides is 1. The topological polar surface area (TPSA) is 80.9 Å². The summed E-state index contributed by atoms with van der Waals surface area (Å²) < 4.78 is 0. The average Bonchev–Trinajstić information content (AvgIpc) is 2.50. The summed E-state index contributed by atoms with van der Waals surface area (Å²) in [4.78, 5) is 11.3. The minimum absolute atomic E-state index is 0. The number of nitrogens with one attached hydrogen (secondary N) is 1. The van der Waals surface area contributed by atoms with Crippen LogP contribution in [-0.2, 0) is 11.2 Å². The third-order valence-corrected chi connectivity index (χ3v) is 2.51. The third kappa shape index (κ3) is 5.06. The molecule has 0 radical (unpaired) electrons. The molecule has 1 amide bonds. The van der Waals surface area contributed by atoms with Crippen molar-refractivity contribution in [3.05, 3.63) is 5.01 Å². The largest absolute Gasteiger partial charge is 0.327 e. The van der Waals surface area contributed by atoms with Gasteiger partial charge in [0.25, 0.3) is 0 Å². The van der Waals surface area contributed by atoms with Crippen molar-refractivity contribution in [2.24, 2.45) is 5.73 Å². The number of nitrogens with two attached hydrogens (primary N) is 1. The van der Waals surface area contributed by atoms with Crippen molar-refractivity contribution in [3.8, 4) is 0 Å². The number of aryl methyl sites for hydroxylation is 1. The molecular formula is C8H15ClN4OS. The van der Waals surface area contributed by atoms with Gasteiger partial charge < -0.3 is 11.1 Å². The van der Waals surface area contributed by atoms with E-state index in [1.807, 2.05) is 6.92 Å². The molecular weight excluding hydrogens is 236 g/mol. The molecule has 1 heterocycles. The molecule has 1 rings (SSSR count). The molecule has 0 fully saturated rings. The number of carbonyl (C=O) groups excluding carboxylic acids is 1. The fourth-order valence-corrected chi connectivity index (χ4v) is 1.61. The van der Waals surface area contributed by atoms with E-state index in [1.165, 1.54) is 11.3 Å². The number of nitrogens with zero attached hydrogens (tertiary/aromatic N) is 2. The maximum atomic E-state index is 11.3. The maximum Gasteiger partial charge on any atom is 0.227 e. The summed E-state index contributed by atoms with van der Waals surface area (Å²) in [6.07, 6.45) is 1.14. The van der Waals surface area contributed by atoms with Crippen LogP contribution in [0.2, 0.25) is 0 Å². The van der Waals surface area contributed by atoms with Crippen molar-refractivity contribution in [3.63, 3.8) is 0 Å². The summed E-state index contributed by atoms with van der Waals surface area (Å²) in [6, 6.07) is -0.131. The molecule has 0 bridgehead atoms. The van der Waals surface area contributed by atoms with Gasteiger partial charge in [0.05, 0.1) is 0 Å². The van der Waals surface area contributed by atoms with Gasteiger partial charge in [-0.2, -0.15) is 0 Å². The highest BCUT2D eigenvalue weighted by molar-refractivity contribution is 7.15. The molecule has 1 aromatic heterocycles. The average molecular weight is 251 g/mol. The van der Waals surface area contributed by atoms with E-state index in [0.29, 0.717) is 11.6 Å². The summed E-state index contributed by atoms with van der Waals surface area (Å²) in [7, 11) is 0. The standard InChI is InChI=1S/C8H14N4OS.ClH/c1-3-7-11-12-8(14-7)10-6(13)4-5(2)9;/h5H,3-4,9H2,1-2H3,(H,10,12,13);1H. The summed E-state index contributed by atoms with van der Waals surface area (Å²) in [5.74, 6) is -0.112. The van der Waals surface area contributed by atoms with Crippen LogP contribution >= 0.6 is 23.7 Å². The second kappa shape index (κ2) is 6.71. The number of aromatic nitrogens is 2. The van der Waals surface area contributed by atoms with Crippen LogP contribution in [-0.4, -0.2) is 22.1 Å². The fourth-order valence-electron chi connectivity index (χ4n) is 0.910. The molecule has 1 atom stereocenters. The number of halogens is 1. The SMILES string of the molecule is CCc1nnc(NC(=O)CC(C)N)s1.Cl. The summed E-state index contributed by atoms with van der Waals surface area (Å²) >= 11 is 1.39. The van der Waals surface area contributed by atoms with E-state index in [-0.39, 0.29) is 24.4 Å². The van der Waals surface area contributed by atoms with E-state index < -0.39 is 0 Å². The molecule has 0 aliphatic carbocycles. The zero-order chi connectivity index (χ0) is 10.6. The minimum Gasteiger partial charge on any atom is -0.327 e. The van der Waals surface area contributed by atoms with E-state index in [9.17, 15) is 4.79 Å². The van der Waals surface area contributed by atoms with Gasteiger partial charge in [-0.25, -0.2) is 0 Å². The normalized spacial score (nSPS) is 11.7. The lowest BCUT2D eigenvalue weighted by Gasteiger charge is -2.02. The van der Waals surface area contributed by atoms with Crippen molar-refractivity contribution in [2.75, 3.05) is 5.32 Å². The van der Waals surface area contributed by atoms with Crippen molar-refractivity contribution >= 4 is 34.8 Å². The molecule has 0 saturated heterocycles. The van der Waals surface area contributed by atoms with Crippen LogP contribution in [0.3, 0.4) is 0 Å². The molecule has 0 saturated carbocycles. The quantitative estimate of drug-likeness (QED) is 0.841. The van der Waals surface area contributed by atoms with Gasteiger partial charge in [0.2, 0.25) is 11.0 Å². The predicted molar refractivity (Wildman–Crippen MR) is 63.4 cm³/mol. The van der Waals surface area contributed by atoms with Gasteiger partial charge in [0.1, 0.15) is 5.01 Å². The Morgan fingerprint density at radius 1 is 1.60 bits per heavy atom. The fraction of sp³-hybridized carbons (Fsp3) is 0.625. The molecule has 3 N–H and O–H groups in total. The van der Waals surface area contributed by atoms with Gasteiger partial charge in [-0.3, -0.25) is 4.79 Å². The zero-order valence-electron chi connectivity index (χ0n) is 8.69. The predicted octanol–water partition coefficient (Wildman–Crippen LogP) is 1.20. The molecule has 86 valence electrons. The Bertz CT molecular complexity index is 315. The van der Waals surface area contributed by atoms with Crippen LogP contribution in [0.5, 0.6) is 0 Å². The number of anilines is 1. The number of hydrogen-bond acceptors (Lipinski definition) is 5. The monoisotopic (exact) mass is 250 g/mol. The first-order chi connectivity index (χ1) is 6.61. The Labute approximate surface area is 98.9 Å². The Morgan fingerprint density at radius 3 is 2.73 bits per heavy atom. The van der Waals surface area contributed by atoms with E-state index in [2.05, 4.69) is 15.5 Å². The number of rotatable bonds is 4. The first-order valence-corrected chi connectivity index (χ1v) is 5.31. The molecule has 15 heavy (non-hydrogen) atoms. The van der Waals surface area contributed by atoms with E-state index in [1.54, 1.807) is 6.92 Å². The second-order valence-electron chi connectivity index (χ2n) is 3.08. The lowest BCUT2D eigenvalue weighted by atomic mass is 10.2. The molecule has 0 aliphatic rings.